The number of rotatable bonds is 4. The largest absolute Gasteiger partial charge is 0.416 e. The fourth-order valence-electron chi connectivity index (χ4n) is 2.06. The number of nitrogens with one attached hydrogen (secondary N) is 1. The van der Waals surface area contributed by atoms with E-state index in [0.717, 1.165) is 36.2 Å². The van der Waals surface area contributed by atoms with Crippen molar-refractivity contribution in [2.24, 2.45) is 0 Å². The Hall–Kier alpha value is -1.97. The Kier molecular flexibility index (Phi) is 4.32. The highest BCUT2D eigenvalue weighted by Crippen LogP contribution is 2.31. The lowest BCUT2D eigenvalue weighted by molar-refractivity contribution is -0.137. The second-order valence-electron chi connectivity index (χ2n) is 4.61. The van der Waals surface area contributed by atoms with Gasteiger partial charge in [-0.1, -0.05) is 37.6 Å². The summed E-state index contributed by atoms with van der Waals surface area (Å²) in [6, 6.07) is 12.9. The quantitative estimate of drug-likeness (QED) is 0.790. The van der Waals surface area contributed by atoms with E-state index < -0.39 is 11.7 Å². The number of halogens is 3. The molecule has 2 aromatic rings. The van der Waals surface area contributed by atoms with Crippen LogP contribution in [0.1, 0.15) is 24.5 Å². The van der Waals surface area contributed by atoms with E-state index >= 15 is 0 Å². The van der Waals surface area contributed by atoms with Crippen LogP contribution in [0.2, 0.25) is 0 Å². The van der Waals surface area contributed by atoms with E-state index in [1.807, 2.05) is 24.3 Å². The number of alkyl halides is 3. The monoisotopic (exact) mass is 279 g/mol. The first-order chi connectivity index (χ1) is 9.50. The molecule has 20 heavy (non-hydrogen) atoms. The topological polar surface area (TPSA) is 12.0 Å². The predicted octanol–water partition coefficient (Wildman–Crippen LogP) is 5.40. The van der Waals surface area contributed by atoms with Gasteiger partial charge in [0.2, 0.25) is 0 Å². The van der Waals surface area contributed by atoms with Crippen molar-refractivity contribution in [2.45, 2.75) is 25.9 Å². The molecule has 0 radical (unpaired) electrons. The number of benzene rings is 2. The number of aryl methyl sites for hydroxylation is 1. The summed E-state index contributed by atoms with van der Waals surface area (Å²) in [5.74, 6) is 0. The van der Waals surface area contributed by atoms with Crippen molar-refractivity contribution in [1.29, 1.82) is 0 Å². The summed E-state index contributed by atoms with van der Waals surface area (Å²) in [6.45, 7) is 2.07. The van der Waals surface area contributed by atoms with E-state index in [4.69, 9.17) is 0 Å². The zero-order valence-corrected chi connectivity index (χ0v) is 11.2. The van der Waals surface area contributed by atoms with E-state index in [-0.39, 0.29) is 0 Å². The normalized spacial score (nSPS) is 11.4. The summed E-state index contributed by atoms with van der Waals surface area (Å²) >= 11 is 0. The highest BCUT2D eigenvalue weighted by Gasteiger charge is 2.30. The number of para-hydroxylation sites is 1. The van der Waals surface area contributed by atoms with E-state index in [0.29, 0.717) is 5.69 Å². The number of hydrogen-bond acceptors (Lipinski definition) is 1. The molecule has 0 amide bonds. The van der Waals surface area contributed by atoms with Crippen LogP contribution in [0.4, 0.5) is 24.5 Å². The third-order valence-corrected chi connectivity index (χ3v) is 3.01. The van der Waals surface area contributed by atoms with Crippen molar-refractivity contribution < 1.29 is 13.2 Å². The SMILES string of the molecule is CCCc1ccccc1Nc1cccc(C(F)(F)F)c1. The minimum atomic E-state index is -4.32. The van der Waals surface area contributed by atoms with Gasteiger partial charge in [-0.3, -0.25) is 0 Å². The maximum atomic E-state index is 12.7. The molecule has 0 unspecified atom stereocenters. The Balaban J connectivity index is 2.26. The molecule has 0 aliphatic rings. The molecular formula is C16H16F3N. The number of anilines is 2. The van der Waals surface area contributed by atoms with Crippen molar-refractivity contribution >= 4 is 11.4 Å². The van der Waals surface area contributed by atoms with Gasteiger partial charge in [-0.15, -0.1) is 0 Å². The van der Waals surface area contributed by atoms with Gasteiger partial charge in [0.15, 0.2) is 0 Å². The predicted molar refractivity (Wildman–Crippen MR) is 75.2 cm³/mol. The molecule has 0 spiro atoms. The molecule has 0 heterocycles. The second kappa shape index (κ2) is 5.99. The summed E-state index contributed by atoms with van der Waals surface area (Å²) in [6.07, 6.45) is -2.44. The van der Waals surface area contributed by atoms with Crippen LogP contribution < -0.4 is 5.32 Å². The first-order valence-corrected chi connectivity index (χ1v) is 6.53. The molecule has 0 fully saturated rings. The van der Waals surface area contributed by atoms with Crippen molar-refractivity contribution in [3.63, 3.8) is 0 Å². The maximum absolute atomic E-state index is 12.7. The van der Waals surface area contributed by atoms with Crippen LogP contribution in [-0.4, -0.2) is 0 Å². The van der Waals surface area contributed by atoms with Crippen LogP contribution in [0.3, 0.4) is 0 Å². The number of hydrogen-bond donors (Lipinski definition) is 1. The average Bonchev–Trinajstić information content (AvgIpc) is 2.41. The molecule has 0 aliphatic heterocycles. The summed E-state index contributed by atoms with van der Waals surface area (Å²) in [7, 11) is 0. The smallest absolute Gasteiger partial charge is 0.355 e. The Morgan fingerprint density at radius 2 is 1.75 bits per heavy atom. The molecule has 0 saturated carbocycles. The van der Waals surface area contributed by atoms with Crippen LogP contribution in [0, 0.1) is 0 Å². The van der Waals surface area contributed by atoms with Gasteiger partial charge in [0, 0.05) is 11.4 Å². The molecule has 0 saturated heterocycles. The third kappa shape index (κ3) is 3.53. The molecule has 0 bridgehead atoms. The summed E-state index contributed by atoms with van der Waals surface area (Å²) in [5, 5.41) is 3.07. The van der Waals surface area contributed by atoms with Crippen LogP contribution in [-0.2, 0) is 12.6 Å². The standard InChI is InChI=1S/C16H16F3N/c1-2-6-12-7-3-4-10-15(12)20-14-9-5-8-13(11-14)16(17,18)19/h3-5,7-11,20H,2,6H2,1H3. The van der Waals surface area contributed by atoms with Crippen LogP contribution in [0.5, 0.6) is 0 Å². The van der Waals surface area contributed by atoms with Crippen molar-refractivity contribution in [3.05, 3.63) is 59.7 Å². The second-order valence-corrected chi connectivity index (χ2v) is 4.61. The minimum Gasteiger partial charge on any atom is -0.355 e. The molecule has 0 atom stereocenters. The van der Waals surface area contributed by atoms with Gasteiger partial charge in [-0.05, 0) is 36.2 Å². The van der Waals surface area contributed by atoms with E-state index in [1.54, 1.807) is 6.07 Å². The van der Waals surface area contributed by atoms with Gasteiger partial charge in [0.1, 0.15) is 0 Å². The Labute approximate surface area is 116 Å². The van der Waals surface area contributed by atoms with Crippen molar-refractivity contribution in [1.82, 2.24) is 0 Å². The molecular weight excluding hydrogens is 263 g/mol. The van der Waals surface area contributed by atoms with Gasteiger partial charge in [-0.25, -0.2) is 0 Å². The highest BCUT2D eigenvalue weighted by molar-refractivity contribution is 5.63. The van der Waals surface area contributed by atoms with Crippen molar-refractivity contribution in [3.8, 4) is 0 Å². The lowest BCUT2D eigenvalue weighted by Crippen LogP contribution is -2.05. The molecule has 1 N–H and O–H groups in total. The summed E-state index contributed by atoms with van der Waals surface area (Å²) < 4.78 is 38.0. The van der Waals surface area contributed by atoms with Gasteiger partial charge in [0.25, 0.3) is 0 Å². The zero-order valence-electron chi connectivity index (χ0n) is 11.2. The van der Waals surface area contributed by atoms with Gasteiger partial charge < -0.3 is 5.32 Å². The average molecular weight is 279 g/mol. The van der Waals surface area contributed by atoms with Crippen LogP contribution in [0.15, 0.2) is 48.5 Å². The molecule has 0 aromatic heterocycles. The molecule has 0 aliphatic carbocycles. The summed E-state index contributed by atoms with van der Waals surface area (Å²) in [4.78, 5) is 0. The fourth-order valence-corrected chi connectivity index (χ4v) is 2.06. The van der Waals surface area contributed by atoms with Gasteiger partial charge in [0.05, 0.1) is 5.56 Å². The van der Waals surface area contributed by atoms with E-state index in [2.05, 4.69) is 12.2 Å². The van der Waals surface area contributed by atoms with E-state index in [1.165, 1.54) is 6.07 Å². The lowest BCUT2D eigenvalue weighted by atomic mass is 10.1. The van der Waals surface area contributed by atoms with E-state index in [9.17, 15) is 13.2 Å². The third-order valence-electron chi connectivity index (χ3n) is 3.01. The first kappa shape index (κ1) is 14.4. The van der Waals surface area contributed by atoms with Gasteiger partial charge in [-0.2, -0.15) is 13.2 Å². The fraction of sp³-hybridized carbons (Fsp3) is 0.250. The van der Waals surface area contributed by atoms with Crippen molar-refractivity contribution in [2.75, 3.05) is 5.32 Å². The molecule has 106 valence electrons. The molecule has 1 nitrogen and oxygen atoms in total. The highest BCUT2D eigenvalue weighted by atomic mass is 19.4. The Bertz CT molecular complexity index is 576. The Morgan fingerprint density at radius 1 is 1.00 bits per heavy atom. The Morgan fingerprint density at radius 3 is 2.45 bits per heavy atom. The van der Waals surface area contributed by atoms with Crippen LogP contribution in [0.25, 0.3) is 0 Å². The van der Waals surface area contributed by atoms with Gasteiger partial charge >= 0.3 is 6.18 Å². The maximum Gasteiger partial charge on any atom is 0.416 e. The molecule has 2 aromatic carbocycles. The summed E-state index contributed by atoms with van der Waals surface area (Å²) in [5.41, 5.74) is 1.76. The minimum absolute atomic E-state index is 0.448. The van der Waals surface area contributed by atoms with Crippen LogP contribution >= 0.6 is 0 Å². The first-order valence-electron chi connectivity index (χ1n) is 6.53. The molecule has 4 heteroatoms. The zero-order chi connectivity index (χ0) is 14.6. The molecule has 2 rings (SSSR count). The lowest BCUT2D eigenvalue weighted by Gasteiger charge is -2.13.